The van der Waals surface area contributed by atoms with Gasteiger partial charge in [-0.05, 0) is 25.0 Å². The van der Waals surface area contributed by atoms with Gasteiger partial charge in [-0.3, -0.25) is 4.79 Å². The van der Waals surface area contributed by atoms with Crippen LogP contribution in [0.2, 0.25) is 0 Å². The van der Waals surface area contributed by atoms with E-state index in [4.69, 9.17) is 0 Å². The van der Waals surface area contributed by atoms with Crippen LogP contribution < -0.4 is 4.18 Å². The third-order valence-electron chi connectivity index (χ3n) is 2.36. The Balaban J connectivity index is 3.46. The summed E-state index contributed by atoms with van der Waals surface area (Å²) in [5, 5.41) is 0. The second-order valence-electron chi connectivity index (χ2n) is 3.83. The Labute approximate surface area is 112 Å². The zero-order valence-corrected chi connectivity index (χ0v) is 11.2. The van der Waals surface area contributed by atoms with Gasteiger partial charge in [0.2, 0.25) is 0 Å². The number of rotatable bonds is 4. The van der Waals surface area contributed by atoms with Gasteiger partial charge in [0.05, 0.1) is 5.56 Å². The first-order valence-corrected chi connectivity index (χ1v) is 6.74. The Hall–Kier alpha value is -1.64. The Kier molecular flexibility index (Phi) is 4.42. The topological polar surface area (TPSA) is 60.4 Å². The molecule has 0 aliphatic carbocycles. The van der Waals surface area contributed by atoms with Crippen LogP contribution in [0.3, 0.4) is 0 Å². The summed E-state index contributed by atoms with van der Waals surface area (Å²) in [6, 6.07) is 1.36. The fourth-order valence-electron chi connectivity index (χ4n) is 1.55. The molecule has 0 bridgehead atoms. The number of hydrogen-bond acceptors (Lipinski definition) is 4. The molecule has 4 nitrogen and oxygen atoms in total. The van der Waals surface area contributed by atoms with Crippen LogP contribution in [0.1, 0.15) is 29.8 Å². The predicted molar refractivity (Wildman–Crippen MR) is 61.4 cm³/mol. The lowest BCUT2D eigenvalue weighted by atomic mass is 10.0. The van der Waals surface area contributed by atoms with E-state index in [-0.39, 0.29) is 17.5 Å². The van der Waals surface area contributed by atoms with Crippen molar-refractivity contribution >= 4 is 15.9 Å². The Bertz CT molecular complexity index is 635. The highest BCUT2D eigenvalue weighted by atomic mass is 32.2. The minimum atomic E-state index is -5.97. The molecule has 0 saturated heterocycles. The van der Waals surface area contributed by atoms with Gasteiger partial charge in [0.15, 0.2) is 11.5 Å². The molecule has 0 spiro atoms. The van der Waals surface area contributed by atoms with Gasteiger partial charge >= 0.3 is 15.6 Å². The van der Waals surface area contributed by atoms with Crippen LogP contribution in [0.25, 0.3) is 0 Å². The van der Waals surface area contributed by atoms with E-state index in [0.717, 1.165) is 13.0 Å². The highest BCUT2D eigenvalue weighted by Crippen LogP contribution is 2.31. The van der Waals surface area contributed by atoms with Gasteiger partial charge in [-0.15, -0.1) is 0 Å². The number of Topliss-reactive ketones (excluding diaryl/α,β-unsaturated/α-hetero) is 1. The lowest BCUT2D eigenvalue weighted by molar-refractivity contribution is -0.0500. The third kappa shape index (κ3) is 3.27. The zero-order valence-electron chi connectivity index (χ0n) is 10.4. The molecule has 0 aromatic heterocycles. The molecule has 1 rings (SSSR count). The zero-order chi connectivity index (χ0) is 15.7. The van der Waals surface area contributed by atoms with Crippen LogP contribution in [0, 0.1) is 5.82 Å². The number of ketones is 1. The molecule has 0 atom stereocenters. The first-order chi connectivity index (χ1) is 8.99. The summed E-state index contributed by atoms with van der Waals surface area (Å²) >= 11 is 0. The lowest BCUT2D eigenvalue weighted by Gasteiger charge is -2.14. The molecule has 1 aromatic rings. The second kappa shape index (κ2) is 5.39. The van der Waals surface area contributed by atoms with Gasteiger partial charge < -0.3 is 4.18 Å². The van der Waals surface area contributed by atoms with Gasteiger partial charge in [-0.25, -0.2) is 4.39 Å². The molecule has 0 radical (unpaired) electrons. The van der Waals surface area contributed by atoms with Crippen LogP contribution in [-0.4, -0.2) is 19.7 Å². The standard InChI is InChI=1S/C11H10F4O4S/c1-3-7-4-8(12)5-9(10(7)6(2)16)19-20(17,18)11(13,14)15/h4-5H,3H2,1-2H3. The monoisotopic (exact) mass is 314 g/mol. The second-order valence-corrected chi connectivity index (χ2v) is 5.37. The van der Waals surface area contributed by atoms with Gasteiger partial charge in [-0.2, -0.15) is 21.6 Å². The molecular weight excluding hydrogens is 304 g/mol. The molecule has 9 heteroatoms. The predicted octanol–water partition coefficient (Wildman–Crippen LogP) is 2.82. The maximum absolute atomic E-state index is 13.3. The fourth-order valence-corrected chi connectivity index (χ4v) is 2.01. The summed E-state index contributed by atoms with van der Waals surface area (Å²) in [4.78, 5) is 11.4. The summed E-state index contributed by atoms with van der Waals surface area (Å²) in [5.74, 6) is -2.69. The molecule has 0 aliphatic heterocycles. The highest BCUT2D eigenvalue weighted by molar-refractivity contribution is 7.88. The summed E-state index contributed by atoms with van der Waals surface area (Å²) in [6.07, 6.45) is 0.120. The number of carbonyl (C=O) groups is 1. The van der Waals surface area contributed by atoms with Crippen molar-refractivity contribution in [3.63, 3.8) is 0 Å². The smallest absolute Gasteiger partial charge is 0.375 e. The maximum Gasteiger partial charge on any atom is 0.534 e. The summed E-state index contributed by atoms with van der Waals surface area (Å²) in [5.41, 5.74) is -5.99. The summed E-state index contributed by atoms with van der Waals surface area (Å²) < 4.78 is 75.7. The normalized spacial score (nSPS) is 12.3. The van der Waals surface area contributed by atoms with Crippen molar-refractivity contribution in [3.8, 4) is 5.75 Å². The molecule has 0 unspecified atom stereocenters. The van der Waals surface area contributed by atoms with Gasteiger partial charge in [0.1, 0.15) is 5.82 Å². The highest BCUT2D eigenvalue weighted by Gasteiger charge is 2.49. The number of hydrogen-bond donors (Lipinski definition) is 0. The van der Waals surface area contributed by atoms with Crippen molar-refractivity contribution in [1.29, 1.82) is 0 Å². The third-order valence-corrected chi connectivity index (χ3v) is 3.33. The van der Waals surface area contributed by atoms with Crippen molar-refractivity contribution < 1.29 is 35.0 Å². The van der Waals surface area contributed by atoms with E-state index in [1.807, 2.05) is 0 Å². The molecule has 0 N–H and O–H groups in total. The largest absolute Gasteiger partial charge is 0.534 e. The SMILES string of the molecule is CCc1cc(F)cc(OS(=O)(=O)C(F)(F)F)c1C(C)=O. The van der Waals surface area contributed by atoms with E-state index in [1.165, 1.54) is 6.92 Å². The Morgan fingerprint density at radius 3 is 2.25 bits per heavy atom. The van der Waals surface area contributed by atoms with E-state index in [9.17, 15) is 30.8 Å². The van der Waals surface area contributed by atoms with E-state index in [1.54, 1.807) is 0 Å². The minimum Gasteiger partial charge on any atom is -0.375 e. The van der Waals surface area contributed by atoms with Crippen molar-refractivity contribution in [1.82, 2.24) is 0 Å². The van der Waals surface area contributed by atoms with Crippen LogP contribution in [0.15, 0.2) is 12.1 Å². The molecule has 0 amide bonds. The summed E-state index contributed by atoms with van der Waals surface area (Å²) in [6.45, 7) is 2.54. The van der Waals surface area contributed by atoms with Crippen molar-refractivity contribution in [2.24, 2.45) is 0 Å². The van der Waals surface area contributed by atoms with Gasteiger partial charge in [-0.1, -0.05) is 6.92 Å². The van der Waals surface area contributed by atoms with Crippen LogP contribution in [0.4, 0.5) is 17.6 Å². The summed E-state index contributed by atoms with van der Waals surface area (Å²) in [7, 11) is -5.97. The maximum atomic E-state index is 13.3. The number of alkyl halides is 3. The Morgan fingerprint density at radius 2 is 1.85 bits per heavy atom. The first kappa shape index (κ1) is 16.4. The average molecular weight is 314 g/mol. The van der Waals surface area contributed by atoms with E-state index in [0.29, 0.717) is 6.07 Å². The molecule has 0 aliphatic rings. The molecule has 1 aromatic carbocycles. The van der Waals surface area contributed by atoms with Crippen LogP contribution in [-0.2, 0) is 16.5 Å². The number of carbonyl (C=O) groups excluding carboxylic acids is 1. The lowest BCUT2D eigenvalue weighted by Crippen LogP contribution is -2.28. The van der Waals surface area contributed by atoms with E-state index >= 15 is 0 Å². The molecular formula is C11H10F4O4S. The molecule has 0 saturated carbocycles. The fraction of sp³-hybridized carbons (Fsp3) is 0.364. The van der Waals surface area contributed by atoms with E-state index < -0.39 is 33.0 Å². The average Bonchev–Trinajstić information content (AvgIpc) is 2.25. The molecule has 20 heavy (non-hydrogen) atoms. The molecule has 112 valence electrons. The number of halogens is 4. The number of benzene rings is 1. The van der Waals surface area contributed by atoms with Crippen LogP contribution >= 0.6 is 0 Å². The van der Waals surface area contributed by atoms with Crippen LogP contribution in [0.5, 0.6) is 5.75 Å². The van der Waals surface area contributed by atoms with Gasteiger partial charge in [0.25, 0.3) is 0 Å². The van der Waals surface area contributed by atoms with Crippen molar-refractivity contribution in [2.45, 2.75) is 25.8 Å². The van der Waals surface area contributed by atoms with Gasteiger partial charge in [0, 0.05) is 6.07 Å². The first-order valence-electron chi connectivity index (χ1n) is 5.33. The molecule has 0 heterocycles. The quantitative estimate of drug-likeness (QED) is 0.371. The minimum absolute atomic E-state index is 0.0601. The molecule has 0 fully saturated rings. The Morgan fingerprint density at radius 1 is 1.30 bits per heavy atom. The number of aryl methyl sites for hydroxylation is 1. The van der Waals surface area contributed by atoms with Crippen molar-refractivity contribution in [3.05, 3.63) is 29.1 Å². The van der Waals surface area contributed by atoms with Crippen molar-refractivity contribution in [2.75, 3.05) is 0 Å². The van der Waals surface area contributed by atoms with E-state index in [2.05, 4.69) is 4.18 Å².